The van der Waals surface area contributed by atoms with Gasteiger partial charge in [-0.05, 0) is 25.8 Å². The minimum atomic E-state index is -0.273. The van der Waals surface area contributed by atoms with Crippen molar-refractivity contribution in [1.82, 2.24) is 10.5 Å². The molecule has 1 unspecified atom stereocenters. The van der Waals surface area contributed by atoms with E-state index in [9.17, 15) is 4.79 Å². The predicted molar refractivity (Wildman–Crippen MR) is 80.7 cm³/mol. The van der Waals surface area contributed by atoms with Crippen LogP contribution in [0, 0.1) is 13.8 Å². The molecule has 5 nitrogen and oxygen atoms in total. The summed E-state index contributed by atoms with van der Waals surface area (Å²) in [6.07, 6.45) is 0.999. The molecule has 5 heteroatoms. The van der Waals surface area contributed by atoms with Gasteiger partial charge in [0.2, 0.25) is 5.91 Å². The number of hydrogen-bond donors (Lipinski definition) is 2. The number of nitrogens with two attached hydrogens (primary N) is 1. The Bertz CT molecular complexity index is 573. The van der Waals surface area contributed by atoms with E-state index >= 15 is 0 Å². The molecule has 21 heavy (non-hydrogen) atoms. The zero-order chi connectivity index (χ0) is 15.2. The highest BCUT2D eigenvalue weighted by atomic mass is 16.5. The highest BCUT2D eigenvalue weighted by Crippen LogP contribution is 2.14. The molecule has 112 valence electrons. The molecule has 0 fully saturated rings. The maximum Gasteiger partial charge on any atom is 0.221 e. The van der Waals surface area contributed by atoms with E-state index in [1.54, 1.807) is 0 Å². The minimum Gasteiger partial charge on any atom is -0.361 e. The van der Waals surface area contributed by atoms with Crippen LogP contribution in [0.5, 0.6) is 0 Å². The first-order valence-electron chi connectivity index (χ1n) is 7.07. The van der Waals surface area contributed by atoms with Crippen molar-refractivity contribution < 1.29 is 9.32 Å². The molecule has 0 saturated heterocycles. The van der Waals surface area contributed by atoms with E-state index < -0.39 is 0 Å². The number of aromatic nitrogens is 1. The molecule has 1 heterocycles. The van der Waals surface area contributed by atoms with Crippen LogP contribution in [0.1, 0.15) is 35.0 Å². The molecule has 1 aromatic heterocycles. The van der Waals surface area contributed by atoms with E-state index in [1.807, 2.05) is 44.2 Å². The summed E-state index contributed by atoms with van der Waals surface area (Å²) in [4.78, 5) is 11.9. The van der Waals surface area contributed by atoms with E-state index in [2.05, 4.69) is 10.5 Å². The molecule has 2 rings (SSSR count). The van der Waals surface area contributed by atoms with Gasteiger partial charge in [-0.1, -0.05) is 35.5 Å². The third-order valence-corrected chi connectivity index (χ3v) is 3.51. The summed E-state index contributed by atoms with van der Waals surface area (Å²) in [5.41, 5.74) is 8.93. The van der Waals surface area contributed by atoms with Gasteiger partial charge in [-0.3, -0.25) is 4.79 Å². The quantitative estimate of drug-likeness (QED) is 0.852. The SMILES string of the molecule is Cc1noc(C)c1CCNC(=O)CC(N)c1ccccc1. The van der Waals surface area contributed by atoms with Crippen molar-refractivity contribution >= 4 is 5.91 Å². The lowest BCUT2D eigenvalue weighted by Crippen LogP contribution is -2.29. The van der Waals surface area contributed by atoms with E-state index in [0.717, 1.165) is 22.6 Å². The summed E-state index contributed by atoms with van der Waals surface area (Å²) in [6.45, 7) is 4.34. The van der Waals surface area contributed by atoms with E-state index in [0.29, 0.717) is 13.0 Å². The van der Waals surface area contributed by atoms with E-state index in [4.69, 9.17) is 10.3 Å². The molecule has 1 aromatic carbocycles. The first-order valence-corrected chi connectivity index (χ1v) is 7.07. The smallest absolute Gasteiger partial charge is 0.221 e. The van der Waals surface area contributed by atoms with Crippen LogP contribution in [0.4, 0.5) is 0 Å². The molecule has 0 spiro atoms. The molecule has 0 aliphatic heterocycles. The Balaban J connectivity index is 1.78. The first kappa shape index (κ1) is 15.3. The number of nitrogens with zero attached hydrogens (tertiary/aromatic N) is 1. The summed E-state index contributed by atoms with van der Waals surface area (Å²) in [6, 6.07) is 9.36. The number of carbonyl (C=O) groups is 1. The lowest BCUT2D eigenvalue weighted by molar-refractivity contribution is -0.121. The predicted octanol–water partition coefficient (Wildman–Crippen LogP) is 2.04. The zero-order valence-corrected chi connectivity index (χ0v) is 12.4. The maximum absolute atomic E-state index is 11.9. The number of nitrogens with one attached hydrogen (secondary N) is 1. The second-order valence-corrected chi connectivity index (χ2v) is 5.12. The fraction of sp³-hybridized carbons (Fsp3) is 0.375. The summed E-state index contributed by atoms with van der Waals surface area (Å²) in [5, 5.41) is 6.78. The third kappa shape index (κ3) is 4.16. The Morgan fingerprint density at radius 1 is 1.33 bits per heavy atom. The summed E-state index contributed by atoms with van der Waals surface area (Å²) in [7, 11) is 0. The molecule has 0 saturated carbocycles. The van der Waals surface area contributed by atoms with Crippen LogP contribution in [0.2, 0.25) is 0 Å². The number of aryl methyl sites for hydroxylation is 2. The standard InChI is InChI=1S/C16H21N3O2/c1-11-14(12(2)21-19-11)8-9-18-16(20)10-15(17)13-6-4-3-5-7-13/h3-7,15H,8-10,17H2,1-2H3,(H,18,20). The van der Waals surface area contributed by atoms with Crippen molar-refractivity contribution in [3.05, 3.63) is 52.9 Å². The largest absolute Gasteiger partial charge is 0.361 e. The fourth-order valence-electron chi connectivity index (χ4n) is 2.28. The normalized spacial score (nSPS) is 12.1. The minimum absolute atomic E-state index is 0.0434. The van der Waals surface area contributed by atoms with E-state index in [1.165, 1.54) is 0 Å². The number of rotatable bonds is 6. The molecular formula is C16H21N3O2. The van der Waals surface area contributed by atoms with Crippen LogP contribution in [-0.4, -0.2) is 17.6 Å². The molecule has 0 radical (unpaired) electrons. The van der Waals surface area contributed by atoms with Crippen LogP contribution < -0.4 is 11.1 Å². The third-order valence-electron chi connectivity index (χ3n) is 3.51. The summed E-state index contributed by atoms with van der Waals surface area (Å²) < 4.78 is 5.09. The van der Waals surface area contributed by atoms with Crippen molar-refractivity contribution in [3.8, 4) is 0 Å². The lowest BCUT2D eigenvalue weighted by atomic mass is 10.0. The van der Waals surface area contributed by atoms with Crippen molar-refractivity contribution in [2.75, 3.05) is 6.54 Å². The first-order chi connectivity index (χ1) is 10.1. The molecule has 1 amide bonds. The molecule has 0 aliphatic rings. The summed E-state index contributed by atoms with van der Waals surface area (Å²) in [5.74, 6) is 0.765. The van der Waals surface area contributed by atoms with Gasteiger partial charge in [0.1, 0.15) is 5.76 Å². The number of hydrogen-bond acceptors (Lipinski definition) is 4. The Morgan fingerprint density at radius 2 is 2.05 bits per heavy atom. The van der Waals surface area contributed by atoms with Crippen LogP contribution >= 0.6 is 0 Å². The average Bonchev–Trinajstić information content (AvgIpc) is 2.80. The molecule has 3 N–H and O–H groups in total. The highest BCUT2D eigenvalue weighted by Gasteiger charge is 2.12. The van der Waals surface area contributed by atoms with Crippen molar-refractivity contribution in [2.45, 2.75) is 32.7 Å². The van der Waals surface area contributed by atoms with Gasteiger partial charge in [0.15, 0.2) is 0 Å². The molecule has 0 aliphatic carbocycles. The Kier molecular flexibility index (Phi) is 5.11. The topological polar surface area (TPSA) is 81.2 Å². The number of benzene rings is 1. The van der Waals surface area contributed by atoms with Gasteiger partial charge in [0.05, 0.1) is 5.69 Å². The zero-order valence-electron chi connectivity index (χ0n) is 12.4. The maximum atomic E-state index is 11.9. The fourth-order valence-corrected chi connectivity index (χ4v) is 2.28. The van der Waals surface area contributed by atoms with Crippen molar-refractivity contribution in [2.24, 2.45) is 5.73 Å². The Morgan fingerprint density at radius 3 is 2.67 bits per heavy atom. The molecule has 1 atom stereocenters. The number of amides is 1. The van der Waals surface area contributed by atoms with Gasteiger partial charge >= 0.3 is 0 Å². The molecule has 2 aromatic rings. The Hall–Kier alpha value is -2.14. The molecular weight excluding hydrogens is 266 g/mol. The number of carbonyl (C=O) groups excluding carboxylic acids is 1. The average molecular weight is 287 g/mol. The van der Waals surface area contributed by atoms with Crippen LogP contribution in [-0.2, 0) is 11.2 Å². The van der Waals surface area contributed by atoms with Gasteiger partial charge in [0, 0.05) is 24.6 Å². The summed E-state index contributed by atoms with van der Waals surface area (Å²) >= 11 is 0. The Labute approximate surface area is 124 Å². The van der Waals surface area contributed by atoms with Crippen LogP contribution in [0.25, 0.3) is 0 Å². The second kappa shape index (κ2) is 7.04. The van der Waals surface area contributed by atoms with Crippen molar-refractivity contribution in [1.29, 1.82) is 0 Å². The van der Waals surface area contributed by atoms with Crippen LogP contribution in [0.15, 0.2) is 34.9 Å². The monoisotopic (exact) mass is 287 g/mol. The molecule has 0 bridgehead atoms. The van der Waals surface area contributed by atoms with Gasteiger partial charge in [-0.2, -0.15) is 0 Å². The highest BCUT2D eigenvalue weighted by molar-refractivity contribution is 5.76. The second-order valence-electron chi connectivity index (χ2n) is 5.12. The van der Waals surface area contributed by atoms with Gasteiger partial charge in [-0.15, -0.1) is 0 Å². The van der Waals surface area contributed by atoms with Gasteiger partial charge in [0.25, 0.3) is 0 Å². The van der Waals surface area contributed by atoms with E-state index in [-0.39, 0.29) is 18.4 Å². The lowest BCUT2D eigenvalue weighted by Gasteiger charge is -2.12. The van der Waals surface area contributed by atoms with Gasteiger partial charge in [-0.25, -0.2) is 0 Å². The van der Waals surface area contributed by atoms with Crippen molar-refractivity contribution in [3.63, 3.8) is 0 Å². The van der Waals surface area contributed by atoms with Crippen LogP contribution in [0.3, 0.4) is 0 Å². The van der Waals surface area contributed by atoms with Gasteiger partial charge < -0.3 is 15.6 Å².